The van der Waals surface area contributed by atoms with Crippen LogP contribution in [0, 0.1) is 0 Å². The molecule has 1 unspecified atom stereocenters. The van der Waals surface area contributed by atoms with Gasteiger partial charge in [-0.25, -0.2) is 0 Å². The Kier molecular flexibility index (Phi) is 3.24. The van der Waals surface area contributed by atoms with Gasteiger partial charge in [0.2, 0.25) is 6.29 Å². The van der Waals surface area contributed by atoms with Crippen molar-refractivity contribution in [2.75, 3.05) is 0 Å². The summed E-state index contributed by atoms with van der Waals surface area (Å²) in [6.07, 6.45) is -2.95. The number of esters is 1. The number of rotatable bonds is 1. The second kappa shape index (κ2) is 4.04. The maximum absolute atomic E-state index is 10.6. The molecule has 0 aromatic carbocycles. The SMILES string of the molecule is CC(=O)OC1C[C@H](O)[C@@H](O)[C@H](C)O1. The molecule has 0 bridgehead atoms. The average molecular weight is 190 g/mol. The van der Waals surface area contributed by atoms with Gasteiger partial charge in [-0.15, -0.1) is 0 Å². The van der Waals surface area contributed by atoms with Crippen molar-refractivity contribution in [3.05, 3.63) is 0 Å². The second-order valence-electron chi connectivity index (χ2n) is 3.17. The third-order valence-electron chi connectivity index (χ3n) is 1.97. The van der Waals surface area contributed by atoms with Crippen LogP contribution in [-0.4, -0.2) is 40.8 Å². The Morgan fingerprint density at radius 2 is 2.15 bits per heavy atom. The summed E-state index contributed by atoms with van der Waals surface area (Å²) in [5.41, 5.74) is 0. The van der Waals surface area contributed by atoms with E-state index in [2.05, 4.69) is 0 Å². The van der Waals surface area contributed by atoms with Crippen molar-refractivity contribution < 1.29 is 24.5 Å². The third kappa shape index (κ3) is 2.65. The van der Waals surface area contributed by atoms with E-state index in [1.54, 1.807) is 6.92 Å². The van der Waals surface area contributed by atoms with Crippen molar-refractivity contribution >= 4 is 5.97 Å². The molecule has 1 fully saturated rings. The largest absolute Gasteiger partial charge is 0.436 e. The third-order valence-corrected chi connectivity index (χ3v) is 1.97. The van der Waals surface area contributed by atoms with Crippen LogP contribution in [0.5, 0.6) is 0 Å². The fraction of sp³-hybridized carbons (Fsp3) is 0.875. The van der Waals surface area contributed by atoms with Crippen LogP contribution in [-0.2, 0) is 14.3 Å². The van der Waals surface area contributed by atoms with Crippen molar-refractivity contribution in [3.63, 3.8) is 0 Å². The van der Waals surface area contributed by atoms with Gasteiger partial charge in [-0.2, -0.15) is 0 Å². The smallest absolute Gasteiger partial charge is 0.304 e. The predicted octanol–water partition coefficient (Wildman–Crippen LogP) is -0.594. The minimum absolute atomic E-state index is 0.116. The van der Waals surface area contributed by atoms with Crippen LogP contribution in [0.25, 0.3) is 0 Å². The highest BCUT2D eigenvalue weighted by atomic mass is 16.7. The van der Waals surface area contributed by atoms with Gasteiger partial charge in [-0.05, 0) is 6.92 Å². The Morgan fingerprint density at radius 3 is 2.62 bits per heavy atom. The van der Waals surface area contributed by atoms with E-state index in [0.29, 0.717) is 0 Å². The quantitative estimate of drug-likeness (QED) is 0.540. The minimum Gasteiger partial charge on any atom is -0.436 e. The lowest BCUT2D eigenvalue weighted by Gasteiger charge is -2.34. The molecule has 0 aromatic heterocycles. The Labute approximate surface area is 76.3 Å². The van der Waals surface area contributed by atoms with E-state index in [1.165, 1.54) is 6.92 Å². The molecule has 2 N–H and O–H groups in total. The highest BCUT2D eigenvalue weighted by Crippen LogP contribution is 2.20. The number of aliphatic hydroxyl groups excluding tert-OH is 2. The Hall–Kier alpha value is -0.650. The zero-order valence-corrected chi connectivity index (χ0v) is 7.64. The van der Waals surface area contributed by atoms with E-state index in [-0.39, 0.29) is 6.42 Å². The summed E-state index contributed by atoms with van der Waals surface area (Å²) >= 11 is 0. The molecular formula is C8H14O5. The van der Waals surface area contributed by atoms with Gasteiger partial charge in [0.05, 0.1) is 12.2 Å². The van der Waals surface area contributed by atoms with Crippen LogP contribution in [0.1, 0.15) is 20.3 Å². The van der Waals surface area contributed by atoms with Gasteiger partial charge < -0.3 is 19.7 Å². The number of hydrogen-bond donors (Lipinski definition) is 2. The van der Waals surface area contributed by atoms with Crippen molar-refractivity contribution in [2.24, 2.45) is 0 Å². The first kappa shape index (κ1) is 10.4. The molecule has 0 amide bonds. The highest BCUT2D eigenvalue weighted by molar-refractivity contribution is 5.66. The molecule has 4 atom stereocenters. The Bertz CT molecular complexity index is 181. The number of ether oxygens (including phenoxy) is 2. The molecule has 76 valence electrons. The first-order valence-corrected chi connectivity index (χ1v) is 4.19. The highest BCUT2D eigenvalue weighted by Gasteiger charge is 2.35. The van der Waals surface area contributed by atoms with Gasteiger partial charge in [0.15, 0.2) is 0 Å². The minimum atomic E-state index is -0.910. The summed E-state index contributed by atoms with van der Waals surface area (Å²) in [6.45, 7) is 2.88. The molecule has 1 rings (SSSR count). The number of carbonyl (C=O) groups is 1. The van der Waals surface area contributed by atoms with Crippen molar-refractivity contribution in [1.29, 1.82) is 0 Å². The average Bonchev–Trinajstić information content (AvgIpc) is 1.98. The molecular weight excluding hydrogens is 176 g/mol. The van der Waals surface area contributed by atoms with E-state index in [0.717, 1.165) is 0 Å². The lowest BCUT2D eigenvalue weighted by atomic mass is 10.0. The first-order chi connectivity index (χ1) is 6.00. The number of aliphatic hydroxyl groups is 2. The lowest BCUT2D eigenvalue weighted by Crippen LogP contribution is -2.47. The number of carbonyl (C=O) groups excluding carboxylic acids is 1. The second-order valence-corrected chi connectivity index (χ2v) is 3.17. The maximum Gasteiger partial charge on any atom is 0.304 e. The van der Waals surface area contributed by atoms with E-state index in [9.17, 15) is 15.0 Å². The van der Waals surface area contributed by atoms with Gasteiger partial charge in [-0.3, -0.25) is 4.79 Å². The summed E-state index contributed by atoms with van der Waals surface area (Å²) in [5.74, 6) is -0.458. The fourth-order valence-electron chi connectivity index (χ4n) is 1.29. The summed E-state index contributed by atoms with van der Waals surface area (Å²) < 4.78 is 9.87. The standard InChI is InChI=1S/C8H14O5/c1-4-8(11)6(10)3-7(12-4)13-5(2)9/h4,6-8,10-11H,3H2,1-2H3/t4-,6-,7?,8-/m0/s1. The monoisotopic (exact) mass is 190 g/mol. The molecule has 0 aromatic rings. The fourth-order valence-corrected chi connectivity index (χ4v) is 1.29. The van der Waals surface area contributed by atoms with Gasteiger partial charge in [0, 0.05) is 13.3 Å². The zero-order chi connectivity index (χ0) is 10.0. The molecule has 0 spiro atoms. The topological polar surface area (TPSA) is 76.0 Å². The molecule has 1 saturated heterocycles. The van der Waals surface area contributed by atoms with Gasteiger partial charge in [-0.1, -0.05) is 0 Å². The molecule has 1 aliphatic heterocycles. The molecule has 0 radical (unpaired) electrons. The van der Waals surface area contributed by atoms with Crippen LogP contribution >= 0.6 is 0 Å². The van der Waals surface area contributed by atoms with Crippen LogP contribution < -0.4 is 0 Å². The maximum atomic E-state index is 10.6. The summed E-state index contributed by atoms with van der Waals surface area (Å²) in [7, 11) is 0. The summed E-state index contributed by atoms with van der Waals surface area (Å²) in [4.78, 5) is 10.6. The summed E-state index contributed by atoms with van der Waals surface area (Å²) in [6, 6.07) is 0. The zero-order valence-electron chi connectivity index (χ0n) is 7.64. The molecule has 1 aliphatic rings. The lowest BCUT2D eigenvalue weighted by molar-refractivity contribution is -0.240. The molecule has 0 aliphatic carbocycles. The summed E-state index contributed by atoms with van der Waals surface area (Å²) in [5, 5.41) is 18.6. The molecule has 5 nitrogen and oxygen atoms in total. The first-order valence-electron chi connectivity index (χ1n) is 4.19. The Morgan fingerprint density at radius 1 is 1.54 bits per heavy atom. The molecule has 5 heteroatoms. The van der Waals surface area contributed by atoms with Gasteiger partial charge in [0.1, 0.15) is 6.10 Å². The predicted molar refractivity (Wildman–Crippen MR) is 42.7 cm³/mol. The normalized spacial score (nSPS) is 40.0. The van der Waals surface area contributed by atoms with Crippen LogP contribution in [0.15, 0.2) is 0 Å². The van der Waals surface area contributed by atoms with Crippen molar-refractivity contribution in [1.82, 2.24) is 0 Å². The number of hydrogen-bond acceptors (Lipinski definition) is 5. The van der Waals surface area contributed by atoms with Gasteiger partial charge >= 0.3 is 5.97 Å². The van der Waals surface area contributed by atoms with E-state index in [4.69, 9.17) is 9.47 Å². The van der Waals surface area contributed by atoms with Crippen LogP contribution in [0.4, 0.5) is 0 Å². The molecule has 13 heavy (non-hydrogen) atoms. The van der Waals surface area contributed by atoms with Crippen LogP contribution in [0.2, 0.25) is 0 Å². The van der Waals surface area contributed by atoms with Crippen molar-refractivity contribution in [2.45, 2.75) is 44.9 Å². The van der Waals surface area contributed by atoms with Crippen LogP contribution in [0.3, 0.4) is 0 Å². The van der Waals surface area contributed by atoms with E-state index >= 15 is 0 Å². The van der Waals surface area contributed by atoms with E-state index < -0.39 is 30.6 Å². The Balaban J connectivity index is 2.48. The molecule has 0 saturated carbocycles. The van der Waals surface area contributed by atoms with E-state index in [1.807, 2.05) is 0 Å². The van der Waals surface area contributed by atoms with Crippen molar-refractivity contribution in [3.8, 4) is 0 Å². The van der Waals surface area contributed by atoms with Gasteiger partial charge in [0.25, 0.3) is 0 Å². The molecule has 1 heterocycles.